The minimum atomic E-state index is -0.568. The molecule has 1 aromatic heterocycles. The molecule has 1 amide bonds. The molecule has 0 aliphatic heterocycles. The summed E-state index contributed by atoms with van der Waals surface area (Å²) in [5, 5.41) is 13.1. The van der Waals surface area contributed by atoms with Gasteiger partial charge in [-0.15, -0.1) is 0 Å². The van der Waals surface area contributed by atoms with E-state index in [1.54, 1.807) is 4.90 Å². The Morgan fingerprint density at radius 2 is 2.15 bits per heavy atom. The van der Waals surface area contributed by atoms with Crippen molar-refractivity contribution in [3.63, 3.8) is 0 Å². The van der Waals surface area contributed by atoms with Gasteiger partial charge in [0.25, 0.3) is 5.69 Å². The topological polar surface area (TPSA) is 108 Å². The maximum Gasteiger partial charge on any atom is 0.287 e. The van der Waals surface area contributed by atoms with E-state index in [1.807, 2.05) is 6.92 Å². The minimum Gasteiger partial charge on any atom is -0.358 e. The first-order valence-electron chi connectivity index (χ1n) is 6.26. The molecular formula is C12H18N4O4. The van der Waals surface area contributed by atoms with Gasteiger partial charge in [-0.05, 0) is 13.0 Å². The van der Waals surface area contributed by atoms with E-state index in [0.29, 0.717) is 6.54 Å². The molecule has 8 heteroatoms. The lowest BCUT2D eigenvalue weighted by Crippen LogP contribution is -2.39. The van der Waals surface area contributed by atoms with Crippen LogP contribution in [-0.4, -0.2) is 53.2 Å². The Hall–Kier alpha value is -2.22. The molecule has 0 atom stereocenters. The maximum atomic E-state index is 12.0. The van der Waals surface area contributed by atoms with Gasteiger partial charge in [0, 0.05) is 13.1 Å². The Morgan fingerprint density at radius 3 is 2.65 bits per heavy atom. The Kier molecular flexibility index (Phi) is 5.85. The molecule has 0 radical (unpaired) electrons. The van der Waals surface area contributed by atoms with Crippen LogP contribution in [0.25, 0.3) is 0 Å². The van der Waals surface area contributed by atoms with Crippen molar-refractivity contribution >= 4 is 17.4 Å². The molecule has 110 valence electrons. The average molecular weight is 282 g/mol. The molecule has 0 fully saturated rings. The van der Waals surface area contributed by atoms with Crippen molar-refractivity contribution < 1.29 is 14.5 Å². The quantitative estimate of drug-likeness (QED) is 0.411. The number of likely N-dealkylation sites (N-methyl/N-ethyl adjacent to an activating group) is 1. The number of hydrogen-bond donors (Lipinski definition) is 2. The van der Waals surface area contributed by atoms with Gasteiger partial charge in [-0.25, -0.2) is 0 Å². The molecule has 0 aliphatic rings. The summed E-state index contributed by atoms with van der Waals surface area (Å²) in [5.74, 6) is -0.459. The second-order valence-corrected chi connectivity index (χ2v) is 4.34. The summed E-state index contributed by atoms with van der Waals surface area (Å²) in [6.45, 7) is 2.71. The predicted octanol–water partition coefficient (Wildman–Crippen LogP) is 0.564. The first-order valence-corrected chi connectivity index (χ1v) is 6.26. The molecule has 0 saturated carbocycles. The van der Waals surface area contributed by atoms with Crippen molar-refractivity contribution in [1.29, 1.82) is 0 Å². The van der Waals surface area contributed by atoms with Gasteiger partial charge in [-0.1, -0.05) is 6.92 Å². The van der Waals surface area contributed by atoms with E-state index < -0.39 is 4.92 Å². The van der Waals surface area contributed by atoms with Gasteiger partial charge < -0.3 is 10.3 Å². The van der Waals surface area contributed by atoms with Crippen molar-refractivity contribution in [3.8, 4) is 0 Å². The Bertz CT molecular complexity index is 497. The third-order valence-corrected chi connectivity index (χ3v) is 2.73. The Labute approximate surface area is 116 Å². The third kappa shape index (κ3) is 4.47. The molecule has 2 N–H and O–H groups in total. The summed E-state index contributed by atoms with van der Waals surface area (Å²) >= 11 is 0. The second-order valence-electron chi connectivity index (χ2n) is 4.34. The van der Waals surface area contributed by atoms with Crippen LogP contribution in [-0.2, 0) is 4.79 Å². The first kappa shape index (κ1) is 15.8. The molecule has 8 nitrogen and oxygen atoms in total. The van der Waals surface area contributed by atoms with Gasteiger partial charge in [-0.3, -0.25) is 24.6 Å². The summed E-state index contributed by atoms with van der Waals surface area (Å²) < 4.78 is 0. The van der Waals surface area contributed by atoms with E-state index in [1.165, 1.54) is 19.3 Å². The van der Waals surface area contributed by atoms with Crippen LogP contribution in [0, 0.1) is 10.1 Å². The average Bonchev–Trinajstić information content (AvgIpc) is 2.88. The van der Waals surface area contributed by atoms with Crippen LogP contribution in [0.3, 0.4) is 0 Å². The summed E-state index contributed by atoms with van der Waals surface area (Å²) in [6, 6.07) is 1.20. The fraction of sp³-hybridized carbons (Fsp3) is 0.500. The number of H-pyrrole nitrogens is 1. The van der Waals surface area contributed by atoms with Gasteiger partial charge in [0.2, 0.25) is 5.91 Å². The highest BCUT2D eigenvalue weighted by atomic mass is 16.6. The lowest BCUT2D eigenvalue weighted by Gasteiger charge is -2.19. The van der Waals surface area contributed by atoms with Gasteiger partial charge in [-0.2, -0.15) is 0 Å². The molecule has 1 heterocycles. The number of hydrogen-bond acceptors (Lipinski definition) is 5. The third-order valence-electron chi connectivity index (χ3n) is 2.73. The van der Waals surface area contributed by atoms with Crippen LogP contribution in [0.4, 0.5) is 5.69 Å². The number of aromatic nitrogens is 1. The SMILES string of the molecule is CCCN(CC(=O)NC)CC(=O)c1cc([N+](=O)[O-])c[nH]1. The highest BCUT2D eigenvalue weighted by Crippen LogP contribution is 2.13. The highest BCUT2D eigenvalue weighted by molar-refractivity contribution is 5.96. The number of carbonyl (C=O) groups excluding carboxylic acids is 2. The summed E-state index contributed by atoms with van der Waals surface area (Å²) in [5.41, 5.74) is 0.0244. The molecular weight excluding hydrogens is 264 g/mol. The van der Waals surface area contributed by atoms with Crippen molar-refractivity contribution in [2.75, 3.05) is 26.7 Å². The lowest BCUT2D eigenvalue weighted by atomic mass is 10.2. The summed E-state index contributed by atoms with van der Waals surface area (Å²) in [4.78, 5) is 37.6. The number of carbonyl (C=O) groups is 2. The minimum absolute atomic E-state index is 0.0406. The van der Waals surface area contributed by atoms with Gasteiger partial charge in [0.15, 0.2) is 5.78 Å². The Morgan fingerprint density at radius 1 is 1.45 bits per heavy atom. The van der Waals surface area contributed by atoms with Crippen LogP contribution in [0.15, 0.2) is 12.3 Å². The van der Waals surface area contributed by atoms with Crippen LogP contribution < -0.4 is 5.32 Å². The lowest BCUT2D eigenvalue weighted by molar-refractivity contribution is -0.384. The molecule has 0 aromatic carbocycles. The van der Waals surface area contributed by atoms with E-state index in [-0.39, 0.29) is 36.2 Å². The number of nitro groups is 1. The van der Waals surface area contributed by atoms with Crippen LogP contribution in [0.5, 0.6) is 0 Å². The number of nitrogens with zero attached hydrogens (tertiary/aromatic N) is 2. The fourth-order valence-electron chi connectivity index (χ4n) is 1.75. The zero-order chi connectivity index (χ0) is 15.1. The van der Waals surface area contributed by atoms with E-state index in [4.69, 9.17) is 0 Å². The highest BCUT2D eigenvalue weighted by Gasteiger charge is 2.18. The van der Waals surface area contributed by atoms with Crippen molar-refractivity contribution in [3.05, 3.63) is 28.1 Å². The maximum absolute atomic E-state index is 12.0. The molecule has 0 aliphatic carbocycles. The molecule has 0 spiro atoms. The smallest absolute Gasteiger partial charge is 0.287 e. The molecule has 1 rings (SSSR count). The van der Waals surface area contributed by atoms with Gasteiger partial charge >= 0.3 is 0 Å². The van der Waals surface area contributed by atoms with E-state index >= 15 is 0 Å². The van der Waals surface area contributed by atoms with Gasteiger partial charge in [0.05, 0.1) is 29.9 Å². The number of ketones is 1. The molecule has 0 unspecified atom stereocenters. The molecule has 20 heavy (non-hydrogen) atoms. The van der Waals surface area contributed by atoms with Crippen LogP contribution in [0.2, 0.25) is 0 Å². The summed E-state index contributed by atoms with van der Waals surface area (Å²) in [6.07, 6.45) is 1.98. The van der Waals surface area contributed by atoms with Crippen LogP contribution >= 0.6 is 0 Å². The zero-order valence-corrected chi connectivity index (χ0v) is 11.5. The molecule has 0 saturated heterocycles. The fourth-order valence-corrected chi connectivity index (χ4v) is 1.75. The number of aromatic amines is 1. The number of nitrogens with one attached hydrogen (secondary N) is 2. The normalized spacial score (nSPS) is 10.6. The largest absolute Gasteiger partial charge is 0.358 e. The first-order chi connectivity index (χ1) is 9.47. The van der Waals surface area contributed by atoms with Gasteiger partial charge in [0.1, 0.15) is 0 Å². The van der Waals surface area contributed by atoms with Crippen LogP contribution in [0.1, 0.15) is 23.8 Å². The van der Waals surface area contributed by atoms with E-state index in [9.17, 15) is 19.7 Å². The number of amides is 1. The van der Waals surface area contributed by atoms with Crippen molar-refractivity contribution in [2.24, 2.45) is 0 Å². The molecule has 0 bridgehead atoms. The monoisotopic (exact) mass is 282 g/mol. The second kappa shape index (κ2) is 7.39. The number of rotatable bonds is 8. The zero-order valence-electron chi connectivity index (χ0n) is 11.5. The van der Waals surface area contributed by atoms with E-state index in [2.05, 4.69) is 10.3 Å². The Balaban J connectivity index is 2.68. The van der Waals surface area contributed by atoms with Crippen molar-refractivity contribution in [1.82, 2.24) is 15.2 Å². The standard InChI is InChI=1S/C12H18N4O4/c1-3-4-15(8-12(18)13-2)7-11(17)10-5-9(6-14-10)16(19)20/h5-6,14H,3-4,7-8H2,1-2H3,(H,13,18). The van der Waals surface area contributed by atoms with Crippen molar-refractivity contribution in [2.45, 2.75) is 13.3 Å². The van der Waals surface area contributed by atoms with E-state index in [0.717, 1.165) is 6.42 Å². The molecule has 1 aromatic rings. The predicted molar refractivity (Wildman–Crippen MR) is 72.6 cm³/mol. The number of Topliss-reactive ketones (excluding diaryl/α,β-unsaturated/α-hetero) is 1. The summed E-state index contributed by atoms with van der Waals surface area (Å²) in [7, 11) is 1.53.